The molecule has 7 nitrogen and oxygen atoms in total. The molecule has 0 aliphatic carbocycles. The number of phenols is 2. The van der Waals surface area contributed by atoms with Crippen LogP contribution in [0.4, 0.5) is 30.7 Å². The fourth-order valence-electron chi connectivity index (χ4n) is 4.61. The van der Waals surface area contributed by atoms with Crippen LogP contribution in [0.25, 0.3) is 11.1 Å². The fourth-order valence-corrected chi connectivity index (χ4v) is 6.66. The summed E-state index contributed by atoms with van der Waals surface area (Å²) >= 11 is 0. The molecular formula is C28H19F7O7S2. The van der Waals surface area contributed by atoms with E-state index < -0.39 is 47.0 Å². The minimum absolute atomic E-state index is 0.0484. The number of hydrogen-bond acceptors (Lipinski definition) is 6. The zero-order chi connectivity index (χ0) is 32.9. The number of phenolic OH excluding ortho intramolecular Hbond substituents is 2. The minimum atomic E-state index is -6.84. The van der Waals surface area contributed by atoms with E-state index in [4.69, 9.17) is 4.55 Å². The van der Waals surface area contributed by atoms with Crippen LogP contribution in [0, 0.1) is 0 Å². The van der Waals surface area contributed by atoms with Gasteiger partial charge in [0.1, 0.15) is 16.9 Å². The van der Waals surface area contributed by atoms with Crippen LogP contribution in [0.5, 0.6) is 11.5 Å². The highest BCUT2D eigenvalue weighted by molar-refractivity contribution is 7.94. The monoisotopic (exact) mass is 664 g/mol. The largest absolute Gasteiger partial charge is 0.508 e. The Morgan fingerprint density at radius 2 is 0.795 bits per heavy atom. The van der Waals surface area contributed by atoms with Gasteiger partial charge in [0.15, 0.2) is 0 Å². The van der Waals surface area contributed by atoms with Crippen LogP contribution in [-0.2, 0) is 25.4 Å². The van der Waals surface area contributed by atoms with Crippen molar-refractivity contribution < 1.29 is 62.3 Å². The number of aromatic hydroxyl groups is 2. The second kappa shape index (κ2) is 10.8. The summed E-state index contributed by atoms with van der Waals surface area (Å²) in [5.74, 6) is -0.591. The van der Waals surface area contributed by atoms with Crippen molar-refractivity contribution in [1.29, 1.82) is 0 Å². The van der Waals surface area contributed by atoms with Crippen molar-refractivity contribution in [3.63, 3.8) is 0 Å². The van der Waals surface area contributed by atoms with Gasteiger partial charge in [0.05, 0.1) is 4.90 Å². The Hall–Kier alpha value is -4.15. The highest BCUT2D eigenvalue weighted by atomic mass is 32.2. The van der Waals surface area contributed by atoms with Crippen LogP contribution < -0.4 is 0 Å². The van der Waals surface area contributed by atoms with Crippen molar-refractivity contribution in [2.45, 2.75) is 27.0 Å². The SMILES string of the molecule is O=S(=O)(O)C(F)(F)C(F)(F)S(=O)(=O)c1ccc(-c2ccc(C(c3ccc(O)cc3)(c3ccc(O)cc3)C(F)(F)F)cc2)cc1. The topological polar surface area (TPSA) is 129 Å². The summed E-state index contributed by atoms with van der Waals surface area (Å²) in [6.45, 7) is 0. The van der Waals surface area contributed by atoms with E-state index in [1.54, 1.807) is 0 Å². The Labute approximate surface area is 245 Å². The second-order valence-corrected chi connectivity index (χ2v) is 12.9. The van der Waals surface area contributed by atoms with Crippen LogP contribution in [0.1, 0.15) is 16.7 Å². The van der Waals surface area contributed by atoms with Gasteiger partial charge in [-0.25, -0.2) is 8.42 Å². The maximum atomic E-state index is 15.1. The van der Waals surface area contributed by atoms with E-state index in [9.17, 15) is 44.6 Å². The molecule has 0 atom stereocenters. The van der Waals surface area contributed by atoms with E-state index in [-0.39, 0.29) is 39.3 Å². The maximum absolute atomic E-state index is 15.1. The summed E-state index contributed by atoms with van der Waals surface area (Å²) in [5, 5.41) is 6.73. The predicted octanol–water partition coefficient (Wildman–Crippen LogP) is 6.51. The Morgan fingerprint density at radius 1 is 0.477 bits per heavy atom. The van der Waals surface area contributed by atoms with Gasteiger partial charge in [-0.15, -0.1) is 0 Å². The van der Waals surface area contributed by atoms with Crippen LogP contribution in [0.3, 0.4) is 0 Å². The van der Waals surface area contributed by atoms with Crippen LogP contribution in [-0.4, -0.2) is 48.3 Å². The number of halogens is 7. The molecule has 0 aliphatic rings. The lowest BCUT2D eigenvalue weighted by Gasteiger charge is -2.37. The molecule has 4 aromatic carbocycles. The van der Waals surface area contributed by atoms with Crippen LogP contribution in [0.15, 0.2) is 102 Å². The van der Waals surface area contributed by atoms with E-state index in [0.29, 0.717) is 12.1 Å². The molecule has 0 saturated carbocycles. The van der Waals surface area contributed by atoms with E-state index >= 15 is 13.2 Å². The molecule has 234 valence electrons. The van der Waals surface area contributed by atoms with Crippen LogP contribution in [0.2, 0.25) is 0 Å². The van der Waals surface area contributed by atoms with Gasteiger partial charge in [0.2, 0.25) is 0 Å². The van der Waals surface area contributed by atoms with Gasteiger partial charge < -0.3 is 10.2 Å². The average Bonchev–Trinajstić information content (AvgIpc) is 2.94. The average molecular weight is 665 g/mol. The van der Waals surface area contributed by atoms with E-state index in [1.165, 1.54) is 12.1 Å². The number of benzene rings is 4. The molecule has 0 bridgehead atoms. The summed E-state index contributed by atoms with van der Waals surface area (Å²) < 4.78 is 155. The highest BCUT2D eigenvalue weighted by Gasteiger charge is 2.73. The van der Waals surface area contributed by atoms with Crippen molar-refractivity contribution in [2.24, 2.45) is 0 Å². The molecule has 4 aromatic rings. The molecule has 0 saturated heterocycles. The quantitative estimate of drug-likeness (QED) is 0.111. The summed E-state index contributed by atoms with van der Waals surface area (Å²) in [7, 11) is -13.2. The molecule has 0 spiro atoms. The third-order valence-electron chi connectivity index (χ3n) is 6.84. The van der Waals surface area contributed by atoms with Crippen molar-refractivity contribution in [3.8, 4) is 22.6 Å². The van der Waals surface area contributed by atoms with Gasteiger partial charge >= 0.3 is 26.8 Å². The summed E-state index contributed by atoms with van der Waals surface area (Å²) in [5.41, 5.74) is -3.55. The smallest absolute Gasteiger partial charge is 0.447 e. The molecule has 44 heavy (non-hydrogen) atoms. The molecule has 16 heteroatoms. The van der Waals surface area contributed by atoms with Gasteiger partial charge in [-0.2, -0.15) is 39.2 Å². The molecule has 0 radical (unpaired) electrons. The van der Waals surface area contributed by atoms with E-state index in [1.807, 2.05) is 0 Å². The Bertz CT molecular complexity index is 1830. The predicted molar refractivity (Wildman–Crippen MR) is 143 cm³/mol. The normalized spacial score (nSPS) is 13.5. The molecule has 0 fully saturated rings. The molecule has 0 aromatic heterocycles. The third kappa shape index (κ3) is 5.16. The lowest BCUT2D eigenvalue weighted by Crippen LogP contribution is -2.51. The molecule has 0 aliphatic heterocycles. The first-order valence-corrected chi connectivity index (χ1v) is 14.9. The van der Waals surface area contributed by atoms with E-state index in [0.717, 1.165) is 72.8 Å². The Kier molecular flexibility index (Phi) is 8.03. The van der Waals surface area contributed by atoms with Gasteiger partial charge in [0, 0.05) is 0 Å². The highest BCUT2D eigenvalue weighted by Crippen LogP contribution is 2.52. The molecule has 0 heterocycles. The van der Waals surface area contributed by atoms with E-state index in [2.05, 4.69) is 0 Å². The summed E-state index contributed by atoms with van der Waals surface area (Å²) in [6, 6.07) is 15.8. The zero-order valence-corrected chi connectivity index (χ0v) is 23.3. The molecule has 3 N–H and O–H groups in total. The van der Waals surface area contributed by atoms with Crippen LogP contribution >= 0.6 is 0 Å². The van der Waals surface area contributed by atoms with Gasteiger partial charge in [0.25, 0.3) is 9.84 Å². The van der Waals surface area contributed by atoms with Gasteiger partial charge in [-0.05, 0) is 64.2 Å². The van der Waals surface area contributed by atoms with Crippen molar-refractivity contribution in [2.75, 3.05) is 0 Å². The maximum Gasteiger partial charge on any atom is 0.447 e. The molecule has 0 unspecified atom stereocenters. The lowest BCUT2D eigenvalue weighted by molar-refractivity contribution is -0.166. The first-order chi connectivity index (χ1) is 20.2. The zero-order valence-electron chi connectivity index (χ0n) is 21.7. The third-order valence-corrected chi connectivity index (χ3v) is 9.70. The molecular weight excluding hydrogens is 645 g/mol. The summed E-state index contributed by atoms with van der Waals surface area (Å²) in [4.78, 5) is -1.43. The van der Waals surface area contributed by atoms with Crippen molar-refractivity contribution in [1.82, 2.24) is 0 Å². The van der Waals surface area contributed by atoms with Crippen molar-refractivity contribution in [3.05, 3.63) is 114 Å². The van der Waals surface area contributed by atoms with Gasteiger partial charge in [-0.1, -0.05) is 60.7 Å². The summed E-state index contributed by atoms with van der Waals surface area (Å²) in [6.07, 6.45) is -4.99. The standard InChI is InChI=1S/C28H19F7O7S2/c29-26(30,31)25(20-7-11-22(36)12-8-20,21-9-13-23(37)14-10-21)19-5-1-17(2-6-19)18-3-15-24(16-4-18)43(38,39)27(32,33)28(34,35)44(40,41)42/h1-16,36-37H,(H,40,41,42). The first-order valence-electron chi connectivity index (χ1n) is 12.0. The fraction of sp³-hybridized carbons (Fsp3) is 0.143. The lowest BCUT2D eigenvalue weighted by atomic mass is 9.68. The Morgan fingerprint density at radius 3 is 1.11 bits per heavy atom. The number of hydrogen-bond donors (Lipinski definition) is 3. The number of alkyl halides is 7. The van der Waals surface area contributed by atoms with Crippen molar-refractivity contribution >= 4 is 20.0 Å². The molecule has 0 amide bonds. The second-order valence-electron chi connectivity index (χ2n) is 9.46. The van der Waals surface area contributed by atoms with Gasteiger partial charge in [-0.3, -0.25) is 4.55 Å². The Balaban J connectivity index is 1.80. The first kappa shape index (κ1) is 32.8. The number of sulfone groups is 1. The minimum Gasteiger partial charge on any atom is -0.508 e. The number of rotatable bonds is 8. The molecule has 4 rings (SSSR count).